The zero-order chi connectivity index (χ0) is 24.2. The molecule has 4 rings (SSSR count). The lowest BCUT2D eigenvalue weighted by Crippen LogP contribution is -2.46. The van der Waals surface area contributed by atoms with Crippen molar-refractivity contribution in [2.45, 2.75) is 31.8 Å². The van der Waals surface area contributed by atoms with E-state index in [0.717, 1.165) is 22.3 Å². The molecule has 9 heteroatoms. The van der Waals surface area contributed by atoms with Crippen molar-refractivity contribution in [2.75, 3.05) is 6.61 Å². The van der Waals surface area contributed by atoms with Gasteiger partial charge in [0.05, 0.1) is 6.20 Å². The van der Waals surface area contributed by atoms with Gasteiger partial charge in [-0.3, -0.25) is 9.48 Å². The first-order chi connectivity index (χ1) is 16.4. The monoisotopic (exact) mass is 462 g/mol. The molecule has 0 unspecified atom stereocenters. The number of carbonyl (C=O) groups is 3. The molecule has 0 spiro atoms. The van der Waals surface area contributed by atoms with Gasteiger partial charge in [-0.15, -0.1) is 0 Å². The van der Waals surface area contributed by atoms with Gasteiger partial charge in [0.15, 0.2) is 5.69 Å². The summed E-state index contributed by atoms with van der Waals surface area (Å²) in [7, 11) is 1.52. The molecule has 2 amide bonds. The lowest BCUT2D eigenvalue weighted by atomic mass is 9.98. The number of ether oxygens (including phenoxy) is 1. The highest BCUT2D eigenvalue weighted by atomic mass is 16.5. The molecule has 1 aromatic heterocycles. The van der Waals surface area contributed by atoms with Gasteiger partial charge in [0, 0.05) is 25.1 Å². The number of aryl methyl sites for hydroxylation is 1. The van der Waals surface area contributed by atoms with Gasteiger partial charge in [0.25, 0.3) is 0 Å². The Bertz CT molecular complexity index is 1190. The fraction of sp³-hybridized carbons (Fsp3) is 0.280. The van der Waals surface area contributed by atoms with Crippen LogP contribution in [0.1, 0.15) is 46.4 Å². The normalized spacial score (nSPS) is 13.0. The molecule has 2 aromatic carbocycles. The van der Waals surface area contributed by atoms with Crippen molar-refractivity contribution >= 4 is 18.0 Å². The third-order valence-corrected chi connectivity index (χ3v) is 6.03. The molecule has 0 saturated heterocycles. The number of hydrogen-bond acceptors (Lipinski definition) is 5. The fourth-order valence-electron chi connectivity index (χ4n) is 4.33. The second kappa shape index (κ2) is 9.78. The van der Waals surface area contributed by atoms with Crippen LogP contribution in [0.4, 0.5) is 4.79 Å². The molecule has 0 fully saturated rings. The van der Waals surface area contributed by atoms with Crippen molar-refractivity contribution in [1.82, 2.24) is 20.4 Å². The van der Waals surface area contributed by atoms with E-state index in [1.54, 1.807) is 6.92 Å². The summed E-state index contributed by atoms with van der Waals surface area (Å²) in [6, 6.07) is 15.3. The number of nitrogens with zero attached hydrogens (tertiary/aromatic N) is 2. The standard InChI is InChI=1S/C25H26N4O5/c1-3-21(23(30)26-12-15-13-27-29(2)22(15)24(31)32)28-25(33)34-14-20-18-10-6-4-8-16(18)17-9-5-7-11-19(17)20/h4-11,13,20-21H,3,12,14H2,1-2H3,(H,26,30)(H,28,33)(H,31,32)/t21-/m1/s1. The third-order valence-electron chi connectivity index (χ3n) is 6.03. The van der Waals surface area contributed by atoms with Crippen molar-refractivity contribution in [3.05, 3.63) is 77.1 Å². The zero-order valence-corrected chi connectivity index (χ0v) is 18.9. The Balaban J connectivity index is 1.35. The number of alkyl carbamates (subject to hydrolysis) is 1. The quantitative estimate of drug-likeness (QED) is 0.473. The van der Waals surface area contributed by atoms with Gasteiger partial charge >= 0.3 is 12.1 Å². The number of carboxylic acid groups (broad SMARTS) is 1. The first kappa shape index (κ1) is 23.0. The summed E-state index contributed by atoms with van der Waals surface area (Å²) < 4.78 is 6.75. The van der Waals surface area contributed by atoms with E-state index in [1.807, 2.05) is 36.4 Å². The summed E-state index contributed by atoms with van der Waals surface area (Å²) in [4.78, 5) is 36.5. The van der Waals surface area contributed by atoms with E-state index in [2.05, 4.69) is 27.9 Å². The first-order valence-corrected chi connectivity index (χ1v) is 11.0. The summed E-state index contributed by atoms with van der Waals surface area (Å²) in [6.45, 7) is 1.90. The molecule has 3 N–H and O–H groups in total. The molecule has 1 atom stereocenters. The van der Waals surface area contributed by atoms with Gasteiger partial charge < -0.3 is 20.5 Å². The topological polar surface area (TPSA) is 123 Å². The van der Waals surface area contributed by atoms with E-state index >= 15 is 0 Å². The van der Waals surface area contributed by atoms with Crippen molar-refractivity contribution < 1.29 is 24.2 Å². The van der Waals surface area contributed by atoms with Crippen molar-refractivity contribution in [3.63, 3.8) is 0 Å². The van der Waals surface area contributed by atoms with E-state index < -0.39 is 24.0 Å². The second-order valence-corrected chi connectivity index (χ2v) is 8.10. The number of carboxylic acids is 1. The molecule has 176 valence electrons. The summed E-state index contributed by atoms with van der Waals surface area (Å²) in [5.41, 5.74) is 4.85. The van der Waals surface area contributed by atoms with E-state index in [-0.39, 0.29) is 24.8 Å². The smallest absolute Gasteiger partial charge is 0.407 e. The number of hydrogen-bond donors (Lipinski definition) is 3. The van der Waals surface area contributed by atoms with Gasteiger partial charge in [-0.05, 0) is 28.7 Å². The number of aromatic nitrogens is 2. The SMILES string of the molecule is CC[C@@H](NC(=O)OCC1c2ccccc2-c2ccccc21)C(=O)NCc1cnn(C)c1C(=O)O. The van der Waals surface area contributed by atoms with Crippen LogP contribution in [0, 0.1) is 0 Å². The minimum atomic E-state index is -1.13. The van der Waals surface area contributed by atoms with Crippen LogP contribution in [0.2, 0.25) is 0 Å². The van der Waals surface area contributed by atoms with Crippen molar-refractivity contribution in [2.24, 2.45) is 7.05 Å². The maximum atomic E-state index is 12.6. The summed E-state index contributed by atoms with van der Waals surface area (Å²) >= 11 is 0. The van der Waals surface area contributed by atoms with Crippen LogP contribution < -0.4 is 10.6 Å². The Kier molecular flexibility index (Phi) is 6.62. The minimum Gasteiger partial charge on any atom is -0.477 e. The highest BCUT2D eigenvalue weighted by Crippen LogP contribution is 2.44. The van der Waals surface area contributed by atoms with Gasteiger partial charge in [-0.1, -0.05) is 55.5 Å². The highest BCUT2D eigenvalue weighted by Gasteiger charge is 2.29. The number of amides is 2. The molecule has 0 bridgehead atoms. The van der Waals surface area contributed by atoms with E-state index in [1.165, 1.54) is 17.9 Å². The molecular formula is C25H26N4O5. The molecule has 34 heavy (non-hydrogen) atoms. The minimum absolute atomic E-state index is 0.00200. The van der Waals surface area contributed by atoms with Gasteiger partial charge in [0.1, 0.15) is 12.6 Å². The van der Waals surface area contributed by atoms with Crippen LogP contribution in [0.5, 0.6) is 0 Å². The van der Waals surface area contributed by atoms with Crippen molar-refractivity contribution in [1.29, 1.82) is 0 Å². The fourth-order valence-corrected chi connectivity index (χ4v) is 4.33. The first-order valence-electron chi connectivity index (χ1n) is 11.0. The number of aromatic carboxylic acids is 1. The average molecular weight is 463 g/mol. The van der Waals surface area contributed by atoms with Crippen LogP contribution in [0.15, 0.2) is 54.7 Å². The Morgan fingerprint density at radius 2 is 1.71 bits per heavy atom. The Labute approximate surface area is 196 Å². The number of benzene rings is 2. The van der Waals surface area contributed by atoms with E-state index in [4.69, 9.17) is 4.74 Å². The number of fused-ring (bicyclic) bond motifs is 3. The molecule has 1 heterocycles. The maximum absolute atomic E-state index is 12.6. The summed E-state index contributed by atoms with van der Waals surface area (Å²) in [5.74, 6) is -1.64. The molecule has 3 aromatic rings. The van der Waals surface area contributed by atoms with Crippen LogP contribution in [0.25, 0.3) is 11.1 Å². The Morgan fingerprint density at radius 1 is 1.09 bits per heavy atom. The summed E-state index contributed by atoms with van der Waals surface area (Å²) in [6.07, 6.45) is 1.05. The van der Waals surface area contributed by atoms with Crippen LogP contribution in [-0.2, 0) is 23.1 Å². The lowest BCUT2D eigenvalue weighted by Gasteiger charge is -2.18. The molecule has 0 aliphatic heterocycles. The predicted molar refractivity (Wildman–Crippen MR) is 124 cm³/mol. The lowest BCUT2D eigenvalue weighted by molar-refractivity contribution is -0.123. The molecular weight excluding hydrogens is 436 g/mol. The number of nitrogens with one attached hydrogen (secondary N) is 2. The van der Waals surface area contributed by atoms with E-state index in [9.17, 15) is 19.5 Å². The largest absolute Gasteiger partial charge is 0.477 e. The summed E-state index contributed by atoms with van der Waals surface area (Å²) in [5, 5.41) is 18.5. The number of carbonyl (C=O) groups excluding carboxylic acids is 2. The maximum Gasteiger partial charge on any atom is 0.407 e. The second-order valence-electron chi connectivity index (χ2n) is 8.10. The Morgan fingerprint density at radius 3 is 2.29 bits per heavy atom. The molecule has 9 nitrogen and oxygen atoms in total. The van der Waals surface area contributed by atoms with Crippen LogP contribution >= 0.6 is 0 Å². The van der Waals surface area contributed by atoms with Gasteiger partial charge in [0.2, 0.25) is 5.91 Å². The predicted octanol–water partition coefficient (Wildman–Crippen LogP) is 3.05. The van der Waals surface area contributed by atoms with Gasteiger partial charge in [-0.25, -0.2) is 9.59 Å². The zero-order valence-electron chi connectivity index (χ0n) is 18.9. The molecule has 0 saturated carbocycles. The third kappa shape index (κ3) is 4.50. The highest BCUT2D eigenvalue weighted by molar-refractivity contribution is 5.88. The Hall–Kier alpha value is -4.14. The average Bonchev–Trinajstić information content (AvgIpc) is 3.37. The molecule has 0 radical (unpaired) electrons. The van der Waals surface area contributed by atoms with Crippen LogP contribution in [0.3, 0.4) is 0 Å². The van der Waals surface area contributed by atoms with Gasteiger partial charge in [-0.2, -0.15) is 5.10 Å². The van der Waals surface area contributed by atoms with Crippen molar-refractivity contribution in [3.8, 4) is 11.1 Å². The number of rotatable bonds is 8. The molecule has 1 aliphatic rings. The molecule has 1 aliphatic carbocycles. The van der Waals surface area contributed by atoms with E-state index in [0.29, 0.717) is 12.0 Å². The van der Waals surface area contributed by atoms with Crippen LogP contribution in [-0.4, -0.2) is 45.5 Å².